The van der Waals surface area contributed by atoms with Gasteiger partial charge in [0.2, 0.25) is 0 Å². The number of carbonyl (C=O) groups is 3. The third kappa shape index (κ3) is 4.92. The van der Waals surface area contributed by atoms with Crippen LogP contribution in [0.4, 0.5) is 4.39 Å². The fourth-order valence-corrected chi connectivity index (χ4v) is 3.74. The van der Waals surface area contributed by atoms with E-state index in [2.05, 4.69) is 10.6 Å². The van der Waals surface area contributed by atoms with E-state index < -0.39 is 35.4 Å². The molecule has 0 spiro atoms. The highest BCUT2D eigenvalue weighted by molar-refractivity contribution is 6.31. The lowest BCUT2D eigenvalue weighted by Gasteiger charge is -2.44. The number of ether oxygens (including phenoxy) is 2. The van der Waals surface area contributed by atoms with Crippen molar-refractivity contribution in [2.75, 3.05) is 13.6 Å². The van der Waals surface area contributed by atoms with Crippen LogP contribution in [0.15, 0.2) is 36.4 Å². The maximum absolute atomic E-state index is 13.5. The van der Waals surface area contributed by atoms with Crippen LogP contribution in [0.1, 0.15) is 53.1 Å². The zero-order chi connectivity index (χ0) is 23.6. The van der Waals surface area contributed by atoms with Crippen LogP contribution in [-0.2, 0) is 9.53 Å². The van der Waals surface area contributed by atoms with E-state index in [-0.39, 0.29) is 22.9 Å². The van der Waals surface area contributed by atoms with Crippen LogP contribution in [0, 0.1) is 5.82 Å². The van der Waals surface area contributed by atoms with Crippen molar-refractivity contribution in [1.82, 2.24) is 10.6 Å². The second-order valence-corrected chi connectivity index (χ2v) is 8.44. The predicted molar refractivity (Wildman–Crippen MR) is 117 cm³/mol. The summed E-state index contributed by atoms with van der Waals surface area (Å²) >= 11 is 5.83. The molecule has 0 saturated carbocycles. The maximum atomic E-state index is 13.5. The van der Waals surface area contributed by atoms with Gasteiger partial charge in [-0.15, -0.1) is 0 Å². The molecule has 0 aliphatic carbocycles. The van der Waals surface area contributed by atoms with E-state index in [0.29, 0.717) is 16.9 Å². The maximum Gasteiger partial charge on any atom is 0.320 e. The highest BCUT2D eigenvalue weighted by atomic mass is 35.5. The summed E-state index contributed by atoms with van der Waals surface area (Å²) in [5.74, 6) is -1.46. The third-order valence-electron chi connectivity index (χ3n) is 5.16. The number of rotatable bonds is 6. The minimum atomic E-state index is -1.01. The van der Waals surface area contributed by atoms with Crippen molar-refractivity contribution in [2.24, 2.45) is 0 Å². The van der Waals surface area contributed by atoms with Crippen LogP contribution in [0.3, 0.4) is 0 Å². The molecule has 0 saturated heterocycles. The van der Waals surface area contributed by atoms with Gasteiger partial charge < -0.3 is 20.1 Å². The number of halogens is 2. The minimum Gasteiger partial charge on any atom is -0.484 e. The number of nitrogens with one attached hydrogen (secondary N) is 2. The Bertz CT molecular complexity index is 1070. The molecular weight excluding hydrogens is 439 g/mol. The van der Waals surface area contributed by atoms with Crippen LogP contribution in [0.5, 0.6) is 5.75 Å². The summed E-state index contributed by atoms with van der Waals surface area (Å²) in [5, 5.41) is 5.38. The van der Waals surface area contributed by atoms with Gasteiger partial charge in [0.1, 0.15) is 17.2 Å². The molecule has 0 fully saturated rings. The van der Waals surface area contributed by atoms with Crippen LogP contribution in [0.2, 0.25) is 5.02 Å². The average molecular weight is 463 g/mol. The molecule has 170 valence electrons. The molecule has 1 aliphatic rings. The number of esters is 1. The zero-order valence-electron chi connectivity index (χ0n) is 18.1. The first-order valence-corrected chi connectivity index (χ1v) is 10.3. The summed E-state index contributed by atoms with van der Waals surface area (Å²) in [6, 6.07) is 7.65. The molecule has 2 atom stereocenters. The smallest absolute Gasteiger partial charge is 0.320 e. The molecule has 32 heavy (non-hydrogen) atoms. The Morgan fingerprint density at radius 1 is 1.16 bits per heavy atom. The predicted octanol–water partition coefficient (Wildman–Crippen LogP) is 3.46. The Kier molecular flexibility index (Phi) is 6.85. The van der Waals surface area contributed by atoms with Crippen molar-refractivity contribution >= 4 is 29.3 Å². The molecule has 1 aliphatic heterocycles. The van der Waals surface area contributed by atoms with Gasteiger partial charge in [-0.05, 0) is 64.2 Å². The third-order valence-corrected chi connectivity index (χ3v) is 5.45. The Labute approximate surface area is 190 Å². The summed E-state index contributed by atoms with van der Waals surface area (Å²) in [5.41, 5.74) is 0.0227. The molecule has 0 radical (unpaired) electrons. The van der Waals surface area contributed by atoms with Gasteiger partial charge in [-0.25, -0.2) is 4.39 Å². The van der Waals surface area contributed by atoms with Crippen molar-refractivity contribution in [3.05, 3.63) is 63.9 Å². The van der Waals surface area contributed by atoms with Crippen LogP contribution >= 0.6 is 11.6 Å². The average Bonchev–Trinajstić information content (AvgIpc) is 2.72. The number of Topliss-reactive ketones (excluding diaryl/α,β-unsaturated/α-hetero) is 1. The molecule has 9 heteroatoms. The number of hydrogen-bond donors (Lipinski definition) is 2. The number of hydrogen-bond acceptors (Lipinski definition) is 6. The van der Waals surface area contributed by atoms with Gasteiger partial charge in [0.15, 0.2) is 11.9 Å². The molecule has 2 N–H and O–H groups in total. The topological polar surface area (TPSA) is 93.7 Å². The Balaban J connectivity index is 2.05. The molecule has 7 nitrogen and oxygen atoms in total. The molecule has 0 bridgehead atoms. The van der Waals surface area contributed by atoms with Gasteiger partial charge in [-0.3, -0.25) is 14.4 Å². The van der Waals surface area contributed by atoms with Crippen molar-refractivity contribution in [2.45, 2.75) is 38.5 Å². The van der Waals surface area contributed by atoms with Gasteiger partial charge in [0, 0.05) is 16.7 Å². The van der Waals surface area contributed by atoms with Gasteiger partial charge in [0.25, 0.3) is 5.91 Å². The lowest BCUT2D eigenvalue weighted by molar-refractivity contribution is -0.164. The largest absolute Gasteiger partial charge is 0.484 e. The first-order valence-electron chi connectivity index (χ1n) is 9.97. The first kappa shape index (κ1) is 23.7. The number of fused-ring (bicyclic) bond motifs is 1. The summed E-state index contributed by atoms with van der Waals surface area (Å²) in [4.78, 5) is 37.3. The molecule has 1 heterocycles. The van der Waals surface area contributed by atoms with Gasteiger partial charge in [-0.1, -0.05) is 11.6 Å². The summed E-state index contributed by atoms with van der Waals surface area (Å²) in [7, 11) is 1.61. The van der Waals surface area contributed by atoms with Crippen LogP contribution < -0.4 is 15.4 Å². The van der Waals surface area contributed by atoms with Gasteiger partial charge >= 0.3 is 5.97 Å². The molecule has 1 amide bonds. The molecule has 0 aromatic heterocycles. The van der Waals surface area contributed by atoms with E-state index in [4.69, 9.17) is 21.1 Å². The molecular formula is C23H24ClFN2O5. The molecule has 2 aromatic rings. The number of carbonyl (C=O) groups excluding carboxylic acids is 3. The SMILES string of the molecule is CNCC(=O)O[C@H]1[C@H](NC(=O)c2ccc(F)c(Cl)c2)c2cc(C(C)=O)ccc2OC1(C)C. The quantitative estimate of drug-likeness (QED) is 0.504. The highest BCUT2D eigenvalue weighted by Gasteiger charge is 2.47. The van der Waals surface area contributed by atoms with Crippen LogP contribution in [0.25, 0.3) is 0 Å². The van der Waals surface area contributed by atoms with Crippen molar-refractivity contribution < 1.29 is 28.2 Å². The van der Waals surface area contributed by atoms with Crippen molar-refractivity contribution in [3.8, 4) is 5.75 Å². The lowest BCUT2D eigenvalue weighted by atomic mass is 9.85. The number of amides is 1. The Hall–Kier alpha value is -2.97. The number of likely N-dealkylation sites (N-methyl/N-ethyl adjacent to an activating group) is 1. The highest BCUT2D eigenvalue weighted by Crippen LogP contribution is 2.42. The monoisotopic (exact) mass is 462 g/mol. The summed E-state index contributed by atoms with van der Waals surface area (Å²) in [6.07, 6.45) is -0.919. The number of benzene rings is 2. The van der Waals surface area contributed by atoms with E-state index >= 15 is 0 Å². The summed E-state index contributed by atoms with van der Waals surface area (Å²) < 4.78 is 25.3. The van der Waals surface area contributed by atoms with Crippen molar-refractivity contribution in [1.29, 1.82) is 0 Å². The molecule has 2 aromatic carbocycles. The van der Waals surface area contributed by atoms with E-state index in [0.717, 1.165) is 6.07 Å². The molecule has 3 rings (SSSR count). The van der Waals surface area contributed by atoms with E-state index in [1.807, 2.05) is 0 Å². The van der Waals surface area contributed by atoms with Crippen molar-refractivity contribution in [3.63, 3.8) is 0 Å². The van der Waals surface area contributed by atoms with E-state index in [9.17, 15) is 18.8 Å². The normalized spacial score (nSPS) is 18.8. The Morgan fingerprint density at radius 3 is 2.47 bits per heavy atom. The first-order chi connectivity index (χ1) is 15.0. The second kappa shape index (κ2) is 9.26. The van der Waals surface area contributed by atoms with Crippen LogP contribution in [-0.4, -0.2) is 43.0 Å². The zero-order valence-corrected chi connectivity index (χ0v) is 18.9. The number of ketones is 1. The standard InChI is InChI=1S/C23H24ClFN2O5/c1-12(28)13-6-8-18-15(9-13)20(21(23(2,3)32-18)31-19(29)11-26-4)27-22(30)14-5-7-17(25)16(24)10-14/h5-10,20-21,26H,11H2,1-4H3,(H,27,30)/t20-,21+/m1/s1. The molecule has 0 unspecified atom stereocenters. The summed E-state index contributed by atoms with van der Waals surface area (Å²) in [6.45, 7) is 4.86. The Morgan fingerprint density at radius 2 is 1.84 bits per heavy atom. The fourth-order valence-electron chi connectivity index (χ4n) is 3.56. The van der Waals surface area contributed by atoms with E-state index in [1.54, 1.807) is 39.1 Å². The van der Waals surface area contributed by atoms with Gasteiger partial charge in [0.05, 0.1) is 17.6 Å². The van der Waals surface area contributed by atoms with Gasteiger partial charge in [-0.2, -0.15) is 0 Å². The lowest BCUT2D eigenvalue weighted by Crippen LogP contribution is -2.56. The minimum absolute atomic E-state index is 0.0405. The van der Waals surface area contributed by atoms with E-state index in [1.165, 1.54) is 19.1 Å². The fraction of sp³-hybridized carbons (Fsp3) is 0.348. The second-order valence-electron chi connectivity index (χ2n) is 8.04.